The Kier molecular flexibility index (Phi) is 6.36. The molecule has 1 saturated heterocycles. The van der Waals surface area contributed by atoms with Crippen LogP contribution < -0.4 is 11.1 Å². The molecule has 3 heteroatoms. The first-order valence-electron chi connectivity index (χ1n) is 8.11. The quantitative estimate of drug-likeness (QED) is 0.839. The highest BCUT2D eigenvalue weighted by atomic mass is 16.5. The molecule has 118 valence electrons. The number of nitrogens with one attached hydrogen (secondary N) is 1. The van der Waals surface area contributed by atoms with Crippen LogP contribution in [-0.2, 0) is 4.74 Å². The molecule has 0 radical (unpaired) electrons. The fourth-order valence-corrected chi connectivity index (χ4v) is 2.60. The summed E-state index contributed by atoms with van der Waals surface area (Å²) in [6.07, 6.45) is 6.63. The van der Waals surface area contributed by atoms with Crippen molar-refractivity contribution in [3.05, 3.63) is 41.1 Å². The lowest BCUT2D eigenvalue weighted by Gasteiger charge is -2.22. The van der Waals surface area contributed by atoms with E-state index in [1.807, 2.05) is 18.3 Å². The van der Waals surface area contributed by atoms with E-state index < -0.39 is 0 Å². The van der Waals surface area contributed by atoms with E-state index in [0.717, 1.165) is 48.4 Å². The topological polar surface area (TPSA) is 47.3 Å². The van der Waals surface area contributed by atoms with Gasteiger partial charge in [0.05, 0.1) is 11.8 Å². The average Bonchev–Trinajstić information content (AvgIpc) is 2.54. The number of benzene rings is 1. The summed E-state index contributed by atoms with van der Waals surface area (Å²) >= 11 is 0. The molecule has 0 amide bonds. The van der Waals surface area contributed by atoms with Gasteiger partial charge >= 0.3 is 0 Å². The summed E-state index contributed by atoms with van der Waals surface area (Å²) in [6, 6.07) is 6.15. The minimum absolute atomic E-state index is 0.311. The van der Waals surface area contributed by atoms with Crippen molar-refractivity contribution in [1.82, 2.24) is 5.32 Å². The zero-order valence-electron chi connectivity index (χ0n) is 13.6. The van der Waals surface area contributed by atoms with Crippen LogP contribution in [0.2, 0.25) is 0 Å². The molecular weight excluding hydrogens is 272 g/mol. The summed E-state index contributed by atoms with van der Waals surface area (Å²) in [5.74, 6) is 6.23. The predicted octanol–water partition coefficient (Wildman–Crippen LogP) is 3.17. The molecule has 3 nitrogen and oxygen atoms in total. The first-order chi connectivity index (χ1) is 10.7. The molecule has 1 aromatic rings. The van der Waals surface area contributed by atoms with Gasteiger partial charge in [-0.05, 0) is 43.9 Å². The van der Waals surface area contributed by atoms with Crippen molar-refractivity contribution < 1.29 is 4.74 Å². The maximum absolute atomic E-state index is 6.18. The van der Waals surface area contributed by atoms with E-state index >= 15 is 0 Å². The molecule has 0 saturated carbocycles. The lowest BCUT2D eigenvalue weighted by molar-refractivity contribution is 0.0188. The molecule has 1 aliphatic heterocycles. The van der Waals surface area contributed by atoms with Crippen LogP contribution in [0.25, 0.3) is 5.70 Å². The highest BCUT2D eigenvalue weighted by Gasteiger charge is 2.12. The van der Waals surface area contributed by atoms with Crippen LogP contribution in [0.3, 0.4) is 0 Å². The number of ether oxygens (including phenoxy) is 1. The molecule has 1 atom stereocenters. The highest BCUT2D eigenvalue weighted by Crippen LogP contribution is 2.16. The van der Waals surface area contributed by atoms with Crippen LogP contribution in [-0.4, -0.2) is 19.3 Å². The third kappa shape index (κ3) is 4.82. The van der Waals surface area contributed by atoms with Crippen LogP contribution in [0, 0.1) is 18.8 Å². The molecule has 22 heavy (non-hydrogen) atoms. The van der Waals surface area contributed by atoms with Gasteiger partial charge in [0.25, 0.3) is 0 Å². The molecule has 0 bridgehead atoms. The maximum atomic E-state index is 6.18. The number of aryl methyl sites for hydroxylation is 1. The Morgan fingerprint density at radius 2 is 2.32 bits per heavy atom. The minimum Gasteiger partial charge on any atom is -0.397 e. The molecule has 2 rings (SSSR count). The normalized spacial score (nSPS) is 18.5. The summed E-state index contributed by atoms with van der Waals surface area (Å²) < 4.78 is 5.69. The number of nitrogens with two attached hydrogens (primary N) is 1. The van der Waals surface area contributed by atoms with Crippen molar-refractivity contribution in [3.63, 3.8) is 0 Å². The van der Waals surface area contributed by atoms with Crippen molar-refractivity contribution in [1.29, 1.82) is 0 Å². The monoisotopic (exact) mass is 298 g/mol. The van der Waals surface area contributed by atoms with E-state index in [2.05, 4.69) is 37.1 Å². The number of hydrogen-bond acceptors (Lipinski definition) is 3. The second-order valence-electron chi connectivity index (χ2n) is 5.68. The van der Waals surface area contributed by atoms with Gasteiger partial charge in [0.15, 0.2) is 0 Å². The van der Waals surface area contributed by atoms with Crippen molar-refractivity contribution in [2.75, 3.05) is 13.2 Å². The van der Waals surface area contributed by atoms with Crippen LogP contribution in [0.5, 0.6) is 0 Å². The first-order valence-corrected chi connectivity index (χ1v) is 8.11. The van der Waals surface area contributed by atoms with Gasteiger partial charge in [-0.2, -0.15) is 0 Å². The van der Waals surface area contributed by atoms with E-state index in [0.29, 0.717) is 6.10 Å². The lowest BCUT2D eigenvalue weighted by Crippen LogP contribution is -2.29. The third-order valence-corrected chi connectivity index (χ3v) is 3.82. The predicted molar refractivity (Wildman–Crippen MR) is 92.1 cm³/mol. The molecule has 0 aromatic heterocycles. The van der Waals surface area contributed by atoms with Crippen molar-refractivity contribution >= 4 is 5.70 Å². The highest BCUT2D eigenvalue weighted by molar-refractivity contribution is 5.66. The Hall–Kier alpha value is -1.92. The molecule has 1 aliphatic rings. The van der Waals surface area contributed by atoms with Crippen LogP contribution >= 0.6 is 0 Å². The largest absolute Gasteiger partial charge is 0.397 e. The summed E-state index contributed by atoms with van der Waals surface area (Å²) in [5, 5.41) is 3.29. The van der Waals surface area contributed by atoms with Gasteiger partial charge in [-0.1, -0.05) is 24.8 Å². The maximum Gasteiger partial charge on any atom is 0.0747 e. The second-order valence-corrected chi connectivity index (χ2v) is 5.68. The SMILES string of the molecule is CCC#Cc1ccc(/C(N)=C/NC[C@@H]2CCCCO2)c(C)c1. The Bertz CT molecular complexity index is 575. The third-order valence-electron chi connectivity index (χ3n) is 3.82. The standard InChI is InChI=1S/C19H26N2O/c1-3-4-7-16-9-10-18(15(2)12-16)19(20)14-21-13-17-8-5-6-11-22-17/h9-10,12,14,17,21H,3,5-6,8,11,13,20H2,1-2H3/b19-14-/t17-/m0/s1. The van der Waals surface area contributed by atoms with Crippen molar-refractivity contribution in [3.8, 4) is 11.8 Å². The minimum atomic E-state index is 0.311. The van der Waals surface area contributed by atoms with Gasteiger partial charge in [0, 0.05) is 36.9 Å². The first kappa shape index (κ1) is 16.5. The summed E-state index contributed by atoms with van der Waals surface area (Å²) in [4.78, 5) is 0. The van der Waals surface area contributed by atoms with Gasteiger partial charge in [0.1, 0.15) is 0 Å². The van der Waals surface area contributed by atoms with E-state index in [1.54, 1.807) is 0 Å². The molecule has 1 heterocycles. The molecule has 1 fully saturated rings. The fourth-order valence-electron chi connectivity index (χ4n) is 2.60. The molecule has 0 unspecified atom stereocenters. The zero-order valence-corrected chi connectivity index (χ0v) is 13.6. The summed E-state index contributed by atoms with van der Waals surface area (Å²) in [6.45, 7) is 5.82. The van der Waals surface area contributed by atoms with Crippen molar-refractivity contribution in [2.24, 2.45) is 5.73 Å². The molecule has 0 aliphatic carbocycles. The molecular formula is C19H26N2O. The zero-order chi connectivity index (χ0) is 15.8. The lowest BCUT2D eigenvalue weighted by atomic mass is 10.0. The Labute approximate surface area is 133 Å². The molecule has 1 aromatic carbocycles. The van der Waals surface area contributed by atoms with Crippen molar-refractivity contribution in [2.45, 2.75) is 45.6 Å². The Balaban J connectivity index is 1.95. The van der Waals surface area contributed by atoms with Crippen LogP contribution in [0.4, 0.5) is 0 Å². The van der Waals surface area contributed by atoms with Gasteiger partial charge in [0.2, 0.25) is 0 Å². The van der Waals surface area contributed by atoms with E-state index in [1.165, 1.54) is 12.8 Å². The molecule has 0 spiro atoms. The van der Waals surface area contributed by atoms with E-state index in [4.69, 9.17) is 10.5 Å². The number of hydrogen-bond donors (Lipinski definition) is 2. The number of rotatable bonds is 4. The summed E-state index contributed by atoms with van der Waals surface area (Å²) in [5.41, 5.74) is 10.2. The Morgan fingerprint density at radius 1 is 1.45 bits per heavy atom. The second kappa shape index (κ2) is 8.51. The van der Waals surface area contributed by atoms with Gasteiger partial charge < -0.3 is 15.8 Å². The average molecular weight is 298 g/mol. The van der Waals surface area contributed by atoms with Crippen LogP contribution in [0.1, 0.15) is 49.3 Å². The van der Waals surface area contributed by atoms with Crippen LogP contribution in [0.15, 0.2) is 24.4 Å². The van der Waals surface area contributed by atoms with Gasteiger partial charge in [-0.25, -0.2) is 0 Å². The summed E-state index contributed by atoms with van der Waals surface area (Å²) in [7, 11) is 0. The van der Waals surface area contributed by atoms with Gasteiger partial charge in [-0.3, -0.25) is 0 Å². The van der Waals surface area contributed by atoms with E-state index in [-0.39, 0.29) is 0 Å². The van der Waals surface area contributed by atoms with Gasteiger partial charge in [-0.15, -0.1) is 0 Å². The van der Waals surface area contributed by atoms with E-state index in [9.17, 15) is 0 Å². The fraction of sp³-hybridized carbons (Fsp3) is 0.474. The smallest absolute Gasteiger partial charge is 0.0747 e. The molecule has 3 N–H and O–H groups in total. The Morgan fingerprint density at radius 3 is 3.00 bits per heavy atom.